The van der Waals surface area contributed by atoms with Crippen LogP contribution in [0.15, 0.2) is 30.3 Å². The van der Waals surface area contributed by atoms with Gasteiger partial charge in [-0.15, -0.1) is 0 Å². The highest BCUT2D eigenvalue weighted by atomic mass is 16.6. The number of benzene rings is 1. The molecule has 0 radical (unpaired) electrons. The summed E-state index contributed by atoms with van der Waals surface area (Å²) in [5.41, 5.74) is 0.729. The van der Waals surface area contributed by atoms with Crippen LogP contribution < -0.4 is 0 Å². The Morgan fingerprint density at radius 2 is 2.08 bits per heavy atom. The van der Waals surface area contributed by atoms with Crippen LogP contribution in [-0.2, 0) is 10.3 Å². The number of nitrogens with zero attached hydrogens (tertiary/aromatic N) is 1. The zero-order valence-electron chi connectivity index (χ0n) is 6.82. The predicted octanol–water partition coefficient (Wildman–Crippen LogP) is 1.82. The predicted molar refractivity (Wildman–Crippen MR) is 44.3 cm³/mol. The van der Waals surface area contributed by atoms with Crippen LogP contribution in [0.1, 0.15) is 12.5 Å². The van der Waals surface area contributed by atoms with Crippen molar-refractivity contribution in [1.29, 1.82) is 5.26 Å². The van der Waals surface area contributed by atoms with Crippen molar-refractivity contribution in [1.82, 2.24) is 0 Å². The molecule has 2 nitrogen and oxygen atoms in total. The summed E-state index contributed by atoms with van der Waals surface area (Å²) in [6, 6.07) is 11.9. The maximum atomic E-state index is 8.63. The minimum Gasteiger partial charge on any atom is -0.345 e. The standard InChI is InChI=1S/C10H9NO/c1-10(9(7-11)12-10)8-5-3-2-4-6-8/h2-6,9H,1H3/t9-,10-/m1/s1. The fourth-order valence-corrected chi connectivity index (χ4v) is 1.35. The van der Waals surface area contributed by atoms with Crippen LogP contribution >= 0.6 is 0 Å². The number of hydrogen-bond acceptors (Lipinski definition) is 2. The van der Waals surface area contributed by atoms with Gasteiger partial charge in [0.05, 0.1) is 6.07 Å². The number of hydrogen-bond donors (Lipinski definition) is 0. The Kier molecular flexibility index (Phi) is 1.42. The molecule has 0 unspecified atom stereocenters. The van der Waals surface area contributed by atoms with Gasteiger partial charge in [0.2, 0.25) is 0 Å². The highest BCUT2D eigenvalue weighted by Gasteiger charge is 2.54. The highest BCUT2D eigenvalue weighted by molar-refractivity contribution is 5.31. The van der Waals surface area contributed by atoms with E-state index < -0.39 is 0 Å². The second-order valence-electron chi connectivity index (χ2n) is 3.10. The zero-order valence-corrected chi connectivity index (χ0v) is 6.82. The summed E-state index contributed by atoms with van der Waals surface area (Å²) >= 11 is 0. The van der Waals surface area contributed by atoms with Gasteiger partial charge in [0.1, 0.15) is 5.60 Å². The molecule has 1 aliphatic heterocycles. The van der Waals surface area contributed by atoms with E-state index in [1.54, 1.807) is 0 Å². The van der Waals surface area contributed by atoms with Crippen LogP contribution in [0.5, 0.6) is 0 Å². The van der Waals surface area contributed by atoms with E-state index in [0.29, 0.717) is 0 Å². The van der Waals surface area contributed by atoms with Gasteiger partial charge in [0.15, 0.2) is 6.10 Å². The smallest absolute Gasteiger partial charge is 0.178 e. The molecule has 0 aliphatic carbocycles. The Bertz CT molecular complexity index is 327. The molecule has 2 rings (SSSR count). The first-order chi connectivity index (χ1) is 5.77. The fraction of sp³-hybridized carbons (Fsp3) is 0.300. The van der Waals surface area contributed by atoms with E-state index in [4.69, 9.17) is 10.00 Å². The lowest BCUT2D eigenvalue weighted by atomic mass is 9.98. The van der Waals surface area contributed by atoms with E-state index in [1.807, 2.05) is 37.3 Å². The number of rotatable bonds is 1. The summed E-state index contributed by atoms with van der Waals surface area (Å²) in [6.45, 7) is 1.94. The average Bonchev–Trinajstić information content (AvgIpc) is 2.81. The van der Waals surface area contributed by atoms with Crippen LogP contribution in [0, 0.1) is 11.3 Å². The zero-order chi connectivity index (χ0) is 8.60. The third-order valence-electron chi connectivity index (χ3n) is 2.27. The summed E-state index contributed by atoms with van der Waals surface area (Å²) in [5.74, 6) is 0. The van der Waals surface area contributed by atoms with E-state index in [1.165, 1.54) is 0 Å². The van der Waals surface area contributed by atoms with Gasteiger partial charge in [-0.3, -0.25) is 0 Å². The van der Waals surface area contributed by atoms with Crippen molar-refractivity contribution in [2.75, 3.05) is 0 Å². The van der Waals surface area contributed by atoms with Gasteiger partial charge < -0.3 is 4.74 Å². The summed E-state index contributed by atoms with van der Waals surface area (Å²) in [6.07, 6.45) is -0.264. The van der Waals surface area contributed by atoms with Gasteiger partial charge in [-0.25, -0.2) is 0 Å². The molecule has 1 saturated heterocycles. The molecule has 60 valence electrons. The van der Waals surface area contributed by atoms with E-state index in [-0.39, 0.29) is 11.7 Å². The van der Waals surface area contributed by atoms with E-state index in [2.05, 4.69) is 6.07 Å². The lowest BCUT2D eigenvalue weighted by molar-refractivity contribution is 0.321. The van der Waals surface area contributed by atoms with E-state index in [9.17, 15) is 0 Å². The number of ether oxygens (including phenoxy) is 1. The molecule has 0 bridgehead atoms. The molecule has 2 atom stereocenters. The molecule has 2 heteroatoms. The molecular formula is C10H9NO. The number of nitriles is 1. The first kappa shape index (κ1) is 7.33. The molecule has 0 N–H and O–H groups in total. The van der Waals surface area contributed by atoms with Gasteiger partial charge in [-0.1, -0.05) is 30.3 Å². The molecule has 0 aromatic heterocycles. The first-order valence-electron chi connectivity index (χ1n) is 3.90. The van der Waals surface area contributed by atoms with E-state index in [0.717, 1.165) is 5.56 Å². The van der Waals surface area contributed by atoms with Crippen molar-refractivity contribution in [2.45, 2.75) is 18.6 Å². The Morgan fingerprint density at radius 1 is 1.42 bits per heavy atom. The maximum Gasteiger partial charge on any atom is 0.178 e. The van der Waals surface area contributed by atoms with Gasteiger partial charge in [0.25, 0.3) is 0 Å². The summed E-state index contributed by atoms with van der Waals surface area (Å²) in [4.78, 5) is 0. The quantitative estimate of drug-likeness (QED) is 0.586. The van der Waals surface area contributed by atoms with Gasteiger partial charge in [-0.05, 0) is 12.5 Å². The molecular weight excluding hydrogens is 150 g/mol. The summed E-state index contributed by atoms with van der Waals surface area (Å²) < 4.78 is 5.28. The SMILES string of the molecule is C[C@]1(c2ccccc2)O[C@@H]1C#N. The Balaban J connectivity index is 2.30. The number of epoxide rings is 1. The summed E-state index contributed by atoms with van der Waals surface area (Å²) in [5, 5.41) is 8.63. The molecule has 12 heavy (non-hydrogen) atoms. The van der Waals surface area contributed by atoms with Gasteiger partial charge in [-0.2, -0.15) is 5.26 Å². The van der Waals surface area contributed by atoms with Crippen molar-refractivity contribution in [3.05, 3.63) is 35.9 Å². The Hall–Kier alpha value is -1.33. The monoisotopic (exact) mass is 159 g/mol. The topological polar surface area (TPSA) is 36.3 Å². The van der Waals surface area contributed by atoms with Crippen molar-refractivity contribution in [2.24, 2.45) is 0 Å². The second-order valence-corrected chi connectivity index (χ2v) is 3.10. The van der Waals surface area contributed by atoms with Crippen molar-refractivity contribution in [3.63, 3.8) is 0 Å². The molecule has 1 aromatic carbocycles. The second kappa shape index (κ2) is 2.33. The van der Waals surface area contributed by atoms with Crippen molar-refractivity contribution in [3.8, 4) is 6.07 Å². The highest BCUT2D eigenvalue weighted by Crippen LogP contribution is 2.45. The fourth-order valence-electron chi connectivity index (χ4n) is 1.35. The molecule has 0 saturated carbocycles. The lowest BCUT2D eigenvalue weighted by Gasteiger charge is -2.03. The molecule has 0 spiro atoms. The van der Waals surface area contributed by atoms with Crippen LogP contribution in [0.3, 0.4) is 0 Å². The van der Waals surface area contributed by atoms with Crippen molar-refractivity contribution < 1.29 is 4.74 Å². The Morgan fingerprint density at radius 3 is 2.58 bits per heavy atom. The minimum atomic E-state index is -0.351. The molecule has 1 aliphatic rings. The average molecular weight is 159 g/mol. The molecule has 1 aromatic rings. The lowest BCUT2D eigenvalue weighted by Crippen LogP contribution is -2.05. The third-order valence-corrected chi connectivity index (χ3v) is 2.27. The van der Waals surface area contributed by atoms with Crippen molar-refractivity contribution >= 4 is 0 Å². The third kappa shape index (κ3) is 0.910. The van der Waals surface area contributed by atoms with Gasteiger partial charge >= 0.3 is 0 Å². The van der Waals surface area contributed by atoms with Gasteiger partial charge in [0, 0.05) is 0 Å². The normalized spacial score (nSPS) is 32.5. The van der Waals surface area contributed by atoms with Crippen LogP contribution in [0.2, 0.25) is 0 Å². The first-order valence-corrected chi connectivity index (χ1v) is 3.90. The van der Waals surface area contributed by atoms with Crippen LogP contribution in [0.25, 0.3) is 0 Å². The van der Waals surface area contributed by atoms with Crippen LogP contribution in [-0.4, -0.2) is 6.10 Å². The molecule has 0 amide bonds. The van der Waals surface area contributed by atoms with E-state index >= 15 is 0 Å². The molecule has 1 heterocycles. The largest absolute Gasteiger partial charge is 0.345 e. The minimum absolute atomic E-state index is 0.264. The summed E-state index contributed by atoms with van der Waals surface area (Å²) in [7, 11) is 0. The van der Waals surface area contributed by atoms with Crippen LogP contribution in [0.4, 0.5) is 0 Å². The Labute approximate surface area is 71.4 Å². The molecule has 1 fully saturated rings. The maximum absolute atomic E-state index is 8.63.